The summed E-state index contributed by atoms with van der Waals surface area (Å²) >= 11 is 0. The molecule has 7 heavy (non-hydrogen) atoms. The Balaban J connectivity index is 2.17. The van der Waals surface area contributed by atoms with E-state index in [0.29, 0.717) is 6.54 Å². The van der Waals surface area contributed by atoms with Crippen LogP contribution in [0.2, 0.25) is 0 Å². The predicted octanol–water partition coefficient (Wildman–Crippen LogP) is -1.28. The van der Waals surface area contributed by atoms with Gasteiger partial charge < -0.3 is 5.73 Å². The monoisotopic (exact) mass is 98.1 g/mol. The summed E-state index contributed by atoms with van der Waals surface area (Å²) in [6, 6.07) is 0. The molecule has 38 valence electrons. The number of hydrogen-bond donors (Lipinski definition) is 2. The van der Waals surface area contributed by atoms with Gasteiger partial charge in [-0.05, 0) is 11.7 Å². The number of rotatable bonds is 2. The van der Waals surface area contributed by atoms with E-state index in [0.717, 1.165) is 12.1 Å². The zero-order valence-electron chi connectivity index (χ0n) is 4.02. The summed E-state index contributed by atoms with van der Waals surface area (Å²) in [4.78, 5) is 0. The Hall–Kier alpha value is -0.700. The zero-order chi connectivity index (χ0) is 5.11. The fourth-order valence-electron chi connectivity index (χ4n) is 0.432. The van der Waals surface area contributed by atoms with Crippen LogP contribution in [0.1, 0.15) is 6.42 Å². The molecule has 0 aromatic carbocycles. The van der Waals surface area contributed by atoms with Gasteiger partial charge in [-0.25, -0.2) is 0 Å². The Morgan fingerprint density at radius 1 is 1.86 bits per heavy atom. The van der Waals surface area contributed by atoms with Crippen molar-refractivity contribution in [2.75, 3.05) is 6.54 Å². The predicted molar refractivity (Wildman–Crippen MR) is 25.1 cm³/mol. The van der Waals surface area contributed by atoms with Crippen molar-refractivity contribution in [3.05, 3.63) is 11.9 Å². The van der Waals surface area contributed by atoms with E-state index in [9.17, 15) is 0 Å². The molecule has 3 N–H and O–H groups in total. The highest BCUT2D eigenvalue weighted by Gasteiger charge is 2.05. The van der Waals surface area contributed by atoms with Crippen molar-refractivity contribution < 1.29 is 5.11 Å². The zero-order valence-corrected chi connectivity index (χ0v) is 4.02. The quantitative estimate of drug-likeness (QED) is 0.444. The maximum absolute atomic E-state index is 5.21. The molecule has 0 aromatic heterocycles. The van der Waals surface area contributed by atoms with Crippen molar-refractivity contribution in [1.82, 2.24) is 0 Å². The molecule has 3 heteroatoms. The summed E-state index contributed by atoms with van der Waals surface area (Å²) in [6.07, 6.45) is 2.75. The lowest BCUT2D eigenvalue weighted by Crippen LogP contribution is -2.63. The van der Waals surface area contributed by atoms with Gasteiger partial charge in [-0.15, -0.1) is 5.11 Å². The van der Waals surface area contributed by atoms with Crippen LogP contribution in [0.25, 0.3) is 0 Å². The number of nitrogens with zero attached hydrogens (tertiary/aromatic N) is 1. The summed E-state index contributed by atoms with van der Waals surface area (Å²) in [5.74, 6) is 0. The molecule has 0 amide bonds. The minimum Gasteiger partial charge on any atom is -0.330 e. The average molecular weight is 98.1 g/mol. The van der Waals surface area contributed by atoms with Crippen molar-refractivity contribution in [1.29, 1.82) is 0 Å². The fraction of sp³-hybridized carbons (Fsp3) is 0.500. The average Bonchev–Trinajstić information content (AvgIpc) is 1.55. The van der Waals surface area contributed by atoms with Gasteiger partial charge in [0.05, 0.1) is 0 Å². The second kappa shape index (κ2) is 1.84. The minimum atomic E-state index is 0.691. The molecule has 0 radical (unpaired) electrons. The second-order valence-electron chi connectivity index (χ2n) is 1.42. The second-order valence-corrected chi connectivity index (χ2v) is 1.42. The summed E-state index contributed by atoms with van der Waals surface area (Å²) in [5.41, 5.74) is 6.28. The molecule has 0 unspecified atom stereocenters. The molecule has 0 atom stereocenters. The Kier molecular flexibility index (Phi) is 1.17. The van der Waals surface area contributed by atoms with E-state index in [2.05, 4.69) is 10.2 Å². The molecule has 0 saturated carbocycles. The lowest BCUT2D eigenvalue weighted by atomic mass is 10.3. The van der Waals surface area contributed by atoms with E-state index in [1.54, 1.807) is 0 Å². The number of nitrogens with two attached hydrogens (primary N) is 1. The fourth-order valence-corrected chi connectivity index (χ4v) is 0.432. The van der Waals surface area contributed by atoms with Crippen molar-refractivity contribution in [2.24, 2.45) is 10.8 Å². The van der Waals surface area contributed by atoms with Gasteiger partial charge in [-0.3, -0.25) is 0 Å². The van der Waals surface area contributed by atoms with Crippen LogP contribution < -0.4 is 10.8 Å². The standard InChI is InChI=1S/C4H7N3/c5-2-1-4-3-6-7-4/h3H,1-2,5H2/p+1. The van der Waals surface area contributed by atoms with Crippen LogP contribution in [0, 0.1) is 0 Å². The molecule has 0 aromatic rings. The first-order chi connectivity index (χ1) is 3.43. The van der Waals surface area contributed by atoms with Gasteiger partial charge >= 0.3 is 0 Å². The molecule has 1 rings (SSSR count). The van der Waals surface area contributed by atoms with E-state index >= 15 is 0 Å². The molecule has 1 heterocycles. The summed E-state index contributed by atoms with van der Waals surface area (Å²) in [6.45, 7) is 0.691. The Labute approximate surface area is 41.9 Å². The van der Waals surface area contributed by atoms with E-state index < -0.39 is 0 Å². The van der Waals surface area contributed by atoms with Gasteiger partial charge in [-0.2, -0.15) is 0 Å². The van der Waals surface area contributed by atoms with Crippen LogP contribution in [0.5, 0.6) is 0 Å². The molecule has 3 nitrogen and oxygen atoms in total. The van der Waals surface area contributed by atoms with Crippen LogP contribution in [0.3, 0.4) is 0 Å². The first-order valence-electron chi connectivity index (χ1n) is 2.29. The van der Waals surface area contributed by atoms with Gasteiger partial charge in [-0.1, -0.05) is 0 Å². The highest BCUT2D eigenvalue weighted by molar-refractivity contribution is 4.94. The van der Waals surface area contributed by atoms with Gasteiger partial charge in [0.1, 0.15) is 0 Å². The largest absolute Gasteiger partial charge is 0.330 e. The van der Waals surface area contributed by atoms with Crippen molar-refractivity contribution in [3.63, 3.8) is 0 Å². The lowest BCUT2D eigenvalue weighted by molar-refractivity contribution is -0.478. The van der Waals surface area contributed by atoms with Crippen LogP contribution in [0.4, 0.5) is 0 Å². The molecule has 0 aliphatic carbocycles. The third kappa shape index (κ3) is 0.838. The molecule has 1 aliphatic heterocycles. The lowest BCUT2D eigenvalue weighted by Gasteiger charge is -1.91. The smallest absolute Gasteiger partial charge is 0.221 e. The Bertz CT molecular complexity index is 114. The minimum absolute atomic E-state index is 0.691. The van der Waals surface area contributed by atoms with Crippen LogP contribution in [-0.4, -0.2) is 6.54 Å². The summed E-state index contributed by atoms with van der Waals surface area (Å²) in [7, 11) is 0. The highest BCUT2D eigenvalue weighted by Crippen LogP contribution is 1.97. The normalized spacial score (nSPS) is 15.9. The first kappa shape index (κ1) is 4.46. The number of nitrogens with one attached hydrogen (secondary N) is 1. The van der Waals surface area contributed by atoms with Gasteiger partial charge in [0.25, 0.3) is 0 Å². The van der Waals surface area contributed by atoms with Gasteiger partial charge in [0.15, 0.2) is 5.70 Å². The Morgan fingerprint density at radius 2 is 2.57 bits per heavy atom. The molecule has 0 saturated heterocycles. The molecular formula is C4H8N3+. The number of hydrogen-bond acceptors (Lipinski definition) is 2. The maximum Gasteiger partial charge on any atom is 0.221 e. The number of azo groups is 1. The first-order valence-corrected chi connectivity index (χ1v) is 2.29. The van der Waals surface area contributed by atoms with Crippen molar-refractivity contribution in [2.45, 2.75) is 6.42 Å². The molecule has 0 spiro atoms. The molecular weight excluding hydrogens is 90.1 g/mol. The Morgan fingerprint density at radius 3 is 2.71 bits per heavy atom. The molecule has 0 fully saturated rings. The van der Waals surface area contributed by atoms with Crippen LogP contribution in [-0.2, 0) is 0 Å². The third-order valence-corrected chi connectivity index (χ3v) is 0.840. The maximum atomic E-state index is 5.21. The summed E-state index contributed by atoms with van der Waals surface area (Å²) in [5, 5.41) is 6.44. The molecule has 0 bridgehead atoms. The highest BCUT2D eigenvalue weighted by atomic mass is 15.2. The van der Waals surface area contributed by atoms with Gasteiger partial charge in [0, 0.05) is 6.42 Å². The van der Waals surface area contributed by atoms with Crippen LogP contribution in [0.15, 0.2) is 17.0 Å². The third-order valence-electron chi connectivity index (χ3n) is 0.840. The molecule has 1 aliphatic rings. The van der Waals surface area contributed by atoms with E-state index in [1.807, 2.05) is 6.20 Å². The van der Waals surface area contributed by atoms with Gasteiger partial charge in [0.2, 0.25) is 6.20 Å². The van der Waals surface area contributed by atoms with Crippen molar-refractivity contribution >= 4 is 0 Å². The SMILES string of the molecule is NCCC1=C[NH+]=N1. The summed E-state index contributed by atoms with van der Waals surface area (Å²) < 4.78 is 0. The van der Waals surface area contributed by atoms with Crippen LogP contribution >= 0.6 is 0 Å². The van der Waals surface area contributed by atoms with Crippen molar-refractivity contribution in [3.8, 4) is 0 Å². The topological polar surface area (TPSA) is 52.4 Å². The van der Waals surface area contributed by atoms with E-state index in [1.165, 1.54) is 0 Å². The van der Waals surface area contributed by atoms with E-state index in [-0.39, 0.29) is 0 Å². The van der Waals surface area contributed by atoms with E-state index in [4.69, 9.17) is 5.73 Å².